The van der Waals surface area contributed by atoms with E-state index in [0.29, 0.717) is 5.56 Å². The van der Waals surface area contributed by atoms with Gasteiger partial charge in [0.1, 0.15) is 0 Å². The predicted octanol–water partition coefficient (Wildman–Crippen LogP) is 3.64. The van der Waals surface area contributed by atoms with Crippen LogP contribution in [0.25, 0.3) is 6.08 Å². The molecule has 0 aliphatic rings. The summed E-state index contributed by atoms with van der Waals surface area (Å²) in [5.41, 5.74) is -0.821. The molecule has 0 aromatic heterocycles. The number of carbonyl (C=O) groups is 2. The average Bonchev–Trinajstić information content (AvgIpc) is 2.60. The number of hydrogen-bond donors (Lipinski definition) is 1. The van der Waals surface area contributed by atoms with Gasteiger partial charge in [-0.15, -0.1) is 0 Å². The number of carbonyl (C=O) groups excluding carboxylic acids is 2. The largest absolute Gasteiger partial charge is 0.467 e. The van der Waals surface area contributed by atoms with Crippen LogP contribution in [0.3, 0.4) is 0 Å². The maximum absolute atomic E-state index is 12.3. The first-order valence-corrected chi connectivity index (χ1v) is 8.08. The summed E-state index contributed by atoms with van der Waals surface area (Å²) in [5.74, 6) is -1.22. The molecule has 0 amide bonds. The summed E-state index contributed by atoms with van der Waals surface area (Å²) in [4.78, 5) is 24.3. The van der Waals surface area contributed by atoms with E-state index in [0.717, 1.165) is 10.0 Å². The molecule has 24 heavy (non-hydrogen) atoms. The number of halogens is 1. The summed E-state index contributed by atoms with van der Waals surface area (Å²) >= 11 is 3.35. The zero-order valence-electron chi connectivity index (χ0n) is 13.1. The minimum atomic E-state index is -2.02. The number of esters is 1. The van der Waals surface area contributed by atoms with Crippen LogP contribution in [0.5, 0.6) is 0 Å². The molecule has 2 aromatic rings. The molecule has 124 valence electrons. The highest BCUT2D eigenvalue weighted by molar-refractivity contribution is 9.10. The van der Waals surface area contributed by atoms with Gasteiger partial charge in [0.2, 0.25) is 0 Å². The van der Waals surface area contributed by atoms with E-state index in [1.165, 1.54) is 13.2 Å². The number of rotatable bonds is 6. The van der Waals surface area contributed by atoms with Crippen LogP contribution in [0, 0.1) is 0 Å². The number of benzene rings is 2. The van der Waals surface area contributed by atoms with Crippen molar-refractivity contribution in [3.8, 4) is 0 Å². The molecule has 4 nitrogen and oxygen atoms in total. The summed E-state index contributed by atoms with van der Waals surface area (Å²) < 4.78 is 5.53. The molecule has 0 aliphatic heterocycles. The highest BCUT2D eigenvalue weighted by Gasteiger charge is 2.37. The van der Waals surface area contributed by atoms with Crippen LogP contribution in [-0.4, -0.2) is 29.6 Å². The van der Waals surface area contributed by atoms with Crippen molar-refractivity contribution in [1.82, 2.24) is 0 Å². The molecule has 2 aromatic carbocycles. The van der Waals surface area contributed by atoms with Crippen molar-refractivity contribution < 1.29 is 19.4 Å². The highest BCUT2D eigenvalue weighted by Crippen LogP contribution is 2.21. The second kappa shape index (κ2) is 8.04. The molecule has 0 radical (unpaired) electrons. The van der Waals surface area contributed by atoms with Gasteiger partial charge in [0, 0.05) is 10.0 Å². The zero-order valence-corrected chi connectivity index (χ0v) is 14.7. The molecule has 0 spiro atoms. The molecule has 0 heterocycles. The predicted molar refractivity (Wildman–Crippen MR) is 95.5 cm³/mol. The van der Waals surface area contributed by atoms with Crippen molar-refractivity contribution in [1.29, 1.82) is 0 Å². The molecule has 0 fully saturated rings. The molecule has 0 unspecified atom stereocenters. The van der Waals surface area contributed by atoms with Gasteiger partial charge in [-0.25, -0.2) is 4.79 Å². The number of methoxy groups -OCH3 is 1. The second-order valence-corrected chi connectivity index (χ2v) is 6.19. The van der Waals surface area contributed by atoms with Gasteiger partial charge in [-0.2, -0.15) is 0 Å². The van der Waals surface area contributed by atoms with Gasteiger partial charge < -0.3 is 9.84 Å². The average molecular weight is 389 g/mol. The van der Waals surface area contributed by atoms with Crippen LogP contribution in [-0.2, 0) is 9.53 Å². The summed E-state index contributed by atoms with van der Waals surface area (Å²) in [7, 11) is 1.17. The Morgan fingerprint density at radius 2 is 1.88 bits per heavy atom. The molecule has 0 bridgehead atoms. The maximum Gasteiger partial charge on any atom is 0.342 e. The van der Waals surface area contributed by atoms with Crippen molar-refractivity contribution in [3.05, 3.63) is 76.3 Å². The smallest absolute Gasteiger partial charge is 0.342 e. The lowest BCUT2D eigenvalue weighted by atomic mass is 9.92. The van der Waals surface area contributed by atoms with Gasteiger partial charge in [-0.3, -0.25) is 4.79 Å². The van der Waals surface area contributed by atoms with Gasteiger partial charge in [0.15, 0.2) is 11.4 Å². The molecule has 1 atom stereocenters. The summed E-state index contributed by atoms with van der Waals surface area (Å²) in [5, 5.41) is 10.6. The highest BCUT2D eigenvalue weighted by atomic mass is 79.9. The number of hydrogen-bond acceptors (Lipinski definition) is 4. The van der Waals surface area contributed by atoms with E-state index < -0.39 is 18.0 Å². The molecule has 5 heteroatoms. The van der Waals surface area contributed by atoms with Crippen molar-refractivity contribution in [2.75, 3.05) is 7.11 Å². The normalized spacial score (nSPS) is 13.5. The number of Topliss-reactive ketones (excluding diaryl/α,β-unsaturated/α-hetero) is 1. The Morgan fingerprint density at radius 3 is 2.50 bits per heavy atom. The zero-order chi connectivity index (χ0) is 17.6. The van der Waals surface area contributed by atoms with E-state index in [4.69, 9.17) is 0 Å². The van der Waals surface area contributed by atoms with Crippen LogP contribution in [0.15, 0.2) is 65.1 Å². The molecule has 2 rings (SSSR count). The van der Waals surface area contributed by atoms with E-state index in [1.807, 2.05) is 24.3 Å². The molecule has 0 saturated heterocycles. The monoisotopic (exact) mass is 388 g/mol. The fraction of sp³-hybridized carbons (Fsp3) is 0.158. The van der Waals surface area contributed by atoms with Crippen LogP contribution in [0.1, 0.15) is 22.3 Å². The van der Waals surface area contributed by atoms with Crippen LogP contribution >= 0.6 is 15.9 Å². The fourth-order valence-corrected chi connectivity index (χ4v) is 2.61. The third-order valence-electron chi connectivity index (χ3n) is 3.46. The van der Waals surface area contributed by atoms with E-state index in [9.17, 15) is 14.7 Å². The van der Waals surface area contributed by atoms with Crippen molar-refractivity contribution in [3.63, 3.8) is 0 Å². The Balaban J connectivity index is 2.26. The van der Waals surface area contributed by atoms with Gasteiger partial charge in [0.05, 0.1) is 13.5 Å². The Labute approximate surface area is 148 Å². The lowest BCUT2D eigenvalue weighted by molar-refractivity contribution is -0.156. The molecular weight excluding hydrogens is 372 g/mol. The van der Waals surface area contributed by atoms with Crippen molar-refractivity contribution in [2.24, 2.45) is 0 Å². The second-order valence-electron chi connectivity index (χ2n) is 5.27. The first-order valence-electron chi connectivity index (χ1n) is 7.28. The van der Waals surface area contributed by atoms with Crippen LogP contribution in [0.2, 0.25) is 0 Å². The van der Waals surface area contributed by atoms with Gasteiger partial charge in [-0.1, -0.05) is 64.5 Å². The van der Waals surface area contributed by atoms with Crippen LogP contribution in [0.4, 0.5) is 0 Å². The van der Waals surface area contributed by atoms with E-state index >= 15 is 0 Å². The fourth-order valence-electron chi connectivity index (χ4n) is 2.19. The van der Waals surface area contributed by atoms with Gasteiger partial charge >= 0.3 is 5.97 Å². The Bertz CT molecular complexity index is 755. The maximum atomic E-state index is 12.3. The third-order valence-corrected chi connectivity index (χ3v) is 3.96. The Hall–Kier alpha value is -2.24. The minimum Gasteiger partial charge on any atom is -0.467 e. The number of aliphatic hydroxyl groups is 1. The standard InChI is InChI=1S/C19H17BrO4/c1-24-18(22)19(23,11-10-14-6-5-9-16(20)12-14)13-17(21)15-7-3-2-4-8-15/h2-12,23H,13H2,1H3/b11-10+/t19-/m0/s1. The topological polar surface area (TPSA) is 63.6 Å². The molecular formula is C19H17BrO4. The van der Waals surface area contributed by atoms with E-state index in [2.05, 4.69) is 20.7 Å². The lowest BCUT2D eigenvalue weighted by Crippen LogP contribution is -2.39. The Kier molecular flexibility index (Phi) is 6.06. The molecule has 1 N–H and O–H groups in total. The van der Waals surface area contributed by atoms with Gasteiger partial charge in [-0.05, 0) is 23.8 Å². The number of ether oxygens (including phenoxy) is 1. The van der Waals surface area contributed by atoms with Crippen molar-refractivity contribution >= 4 is 33.8 Å². The Morgan fingerprint density at radius 1 is 1.17 bits per heavy atom. The lowest BCUT2D eigenvalue weighted by Gasteiger charge is -2.21. The summed E-state index contributed by atoms with van der Waals surface area (Å²) in [6, 6.07) is 15.8. The number of ketones is 1. The van der Waals surface area contributed by atoms with E-state index in [1.54, 1.807) is 36.4 Å². The van der Waals surface area contributed by atoms with Crippen molar-refractivity contribution in [2.45, 2.75) is 12.0 Å². The molecule has 0 aliphatic carbocycles. The summed E-state index contributed by atoms with van der Waals surface area (Å²) in [6.07, 6.45) is 2.48. The summed E-state index contributed by atoms with van der Waals surface area (Å²) in [6.45, 7) is 0. The first-order chi connectivity index (χ1) is 11.4. The van der Waals surface area contributed by atoms with E-state index in [-0.39, 0.29) is 5.78 Å². The first kappa shape index (κ1) is 18.1. The molecule has 0 saturated carbocycles. The third kappa shape index (κ3) is 4.63. The minimum absolute atomic E-state index is 0.345. The van der Waals surface area contributed by atoms with Gasteiger partial charge in [0.25, 0.3) is 0 Å². The quantitative estimate of drug-likeness (QED) is 0.605. The van der Waals surface area contributed by atoms with Crippen LogP contribution < -0.4 is 0 Å². The SMILES string of the molecule is COC(=O)[C@](O)(/C=C/c1cccc(Br)c1)CC(=O)c1ccccc1.